The lowest BCUT2D eigenvalue weighted by molar-refractivity contribution is -0.115. The largest absolute Gasteiger partial charge is 0.508 e. The van der Waals surface area contributed by atoms with E-state index in [1.165, 1.54) is 24.3 Å². The molecule has 0 aromatic heterocycles. The van der Waals surface area contributed by atoms with Crippen LogP contribution >= 0.6 is 0 Å². The molecular formula is C16H11N3O2. The van der Waals surface area contributed by atoms with E-state index in [2.05, 4.69) is 5.32 Å². The summed E-state index contributed by atoms with van der Waals surface area (Å²) < 4.78 is 0. The Bertz CT molecular complexity index is 770. The average molecular weight is 277 g/mol. The molecule has 0 aliphatic carbocycles. The van der Waals surface area contributed by atoms with Gasteiger partial charge in [-0.25, -0.2) is 0 Å². The van der Waals surface area contributed by atoms with Crippen molar-refractivity contribution in [2.45, 2.75) is 6.42 Å². The fourth-order valence-corrected chi connectivity index (χ4v) is 1.87. The molecule has 0 fully saturated rings. The molecule has 0 aliphatic rings. The molecule has 0 radical (unpaired) electrons. The summed E-state index contributed by atoms with van der Waals surface area (Å²) in [6, 6.07) is 14.8. The third kappa shape index (κ3) is 3.59. The summed E-state index contributed by atoms with van der Waals surface area (Å²) in [6.07, 6.45) is 0.107. The summed E-state index contributed by atoms with van der Waals surface area (Å²) in [5, 5.41) is 29.8. The van der Waals surface area contributed by atoms with Crippen molar-refractivity contribution >= 4 is 11.6 Å². The van der Waals surface area contributed by atoms with Crippen LogP contribution in [0.25, 0.3) is 0 Å². The minimum Gasteiger partial charge on any atom is -0.508 e. The zero-order valence-corrected chi connectivity index (χ0v) is 11.0. The number of phenols is 1. The number of aromatic hydroxyl groups is 1. The molecule has 2 aromatic rings. The predicted molar refractivity (Wildman–Crippen MR) is 76.3 cm³/mol. The summed E-state index contributed by atoms with van der Waals surface area (Å²) >= 11 is 0. The Morgan fingerprint density at radius 1 is 1.10 bits per heavy atom. The van der Waals surface area contributed by atoms with E-state index in [-0.39, 0.29) is 29.2 Å². The normalized spacial score (nSPS) is 9.43. The zero-order chi connectivity index (χ0) is 15.2. The number of benzene rings is 2. The van der Waals surface area contributed by atoms with Crippen LogP contribution in [0.4, 0.5) is 5.69 Å². The first kappa shape index (κ1) is 14.1. The Labute approximate surface area is 121 Å². The predicted octanol–water partition coefficient (Wildman–Crippen LogP) is 2.32. The number of nitriles is 2. The summed E-state index contributed by atoms with van der Waals surface area (Å²) in [6.45, 7) is 0. The number of amides is 1. The number of anilines is 1. The molecule has 1 amide bonds. The van der Waals surface area contributed by atoms with E-state index >= 15 is 0 Å². The van der Waals surface area contributed by atoms with Crippen LogP contribution in [0.2, 0.25) is 0 Å². The van der Waals surface area contributed by atoms with Crippen LogP contribution in [0.15, 0.2) is 42.5 Å². The molecular weight excluding hydrogens is 266 g/mol. The lowest BCUT2D eigenvalue weighted by Crippen LogP contribution is -2.14. The molecule has 0 saturated heterocycles. The van der Waals surface area contributed by atoms with Crippen LogP contribution < -0.4 is 5.32 Å². The number of hydrogen-bond acceptors (Lipinski definition) is 4. The third-order valence-electron chi connectivity index (χ3n) is 2.82. The molecule has 2 rings (SSSR count). The van der Waals surface area contributed by atoms with Crippen LogP contribution in [0.5, 0.6) is 5.75 Å². The number of carbonyl (C=O) groups is 1. The topological polar surface area (TPSA) is 96.9 Å². The zero-order valence-electron chi connectivity index (χ0n) is 11.0. The second-order valence-electron chi connectivity index (χ2n) is 4.38. The minimum atomic E-state index is -0.269. The van der Waals surface area contributed by atoms with Gasteiger partial charge in [0.1, 0.15) is 17.9 Å². The highest BCUT2D eigenvalue weighted by molar-refractivity contribution is 5.92. The van der Waals surface area contributed by atoms with Crippen molar-refractivity contribution < 1.29 is 9.90 Å². The van der Waals surface area contributed by atoms with Crippen molar-refractivity contribution in [3.05, 3.63) is 59.2 Å². The second-order valence-corrected chi connectivity index (χ2v) is 4.38. The average Bonchev–Trinajstić information content (AvgIpc) is 2.47. The van der Waals surface area contributed by atoms with Gasteiger partial charge in [-0.05, 0) is 35.9 Å². The highest BCUT2D eigenvalue weighted by Crippen LogP contribution is 2.16. The Balaban J connectivity index is 2.10. The van der Waals surface area contributed by atoms with Gasteiger partial charge in [-0.1, -0.05) is 12.1 Å². The van der Waals surface area contributed by atoms with E-state index in [0.717, 1.165) is 0 Å². The van der Waals surface area contributed by atoms with Gasteiger partial charge < -0.3 is 10.4 Å². The molecule has 0 saturated carbocycles. The van der Waals surface area contributed by atoms with Gasteiger partial charge in [0.05, 0.1) is 17.5 Å². The summed E-state index contributed by atoms with van der Waals surface area (Å²) in [5.74, 6) is -0.167. The first-order valence-electron chi connectivity index (χ1n) is 6.14. The molecule has 0 heterocycles. The molecule has 0 aliphatic heterocycles. The van der Waals surface area contributed by atoms with E-state index in [9.17, 15) is 9.90 Å². The van der Waals surface area contributed by atoms with E-state index in [0.29, 0.717) is 11.3 Å². The van der Waals surface area contributed by atoms with Crippen molar-refractivity contribution in [1.82, 2.24) is 0 Å². The Morgan fingerprint density at radius 3 is 2.52 bits per heavy atom. The van der Waals surface area contributed by atoms with E-state index < -0.39 is 0 Å². The molecule has 0 bridgehead atoms. The Kier molecular flexibility index (Phi) is 4.18. The highest BCUT2D eigenvalue weighted by atomic mass is 16.3. The van der Waals surface area contributed by atoms with Gasteiger partial charge >= 0.3 is 0 Å². The van der Waals surface area contributed by atoms with Crippen LogP contribution in [-0.4, -0.2) is 11.0 Å². The van der Waals surface area contributed by atoms with Gasteiger partial charge in [-0.2, -0.15) is 10.5 Å². The highest BCUT2D eigenvalue weighted by Gasteiger charge is 2.07. The smallest absolute Gasteiger partial charge is 0.228 e. The van der Waals surface area contributed by atoms with Crippen LogP contribution in [0, 0.1) is 22.7 Å². The molecule has 0 unspecified atom stereocenters. The summed E-state index contributed by atoms with van der Waals surface area (Å²) in [5.41, 5.74) is 1.62. The van der Waals surface area contributed by atoms with Gasteiger partial charge in [0.25, 0.3) is 0 Å². The first-order valence-corrected chi connectivity index (χ1v) is 6.14. The maximum Gasteiger partial charge on any atom is 0.228 e. The molecule has 102 valence electrons. The fraction of sp³-hybridized carbons (Fsp3) is 0.0625. The molecule has 0 atom stereocenters. The van der Waals surface area contributed by atoms with Crippen molar-refractivity contribution in [2.24, 2.45) is 0 Å². The van der Waals surface area contributed by atoms with E-state index in [1.54, 1.807) is 18.2 Å². The summed E-state index contributed by atoms with van der Waals surface area (Å²) in [4.78, 5) is 11.9. The minimum absolute atomic E-state index is 0.102. The lowest BCUT2D eigenvalue weighted by Gasteiger charge is -2.06. The Morgan fingerprint density at radius 2 is 1.86 bits per heavy atom. The SMILES string of the molecule is N#Cc1ccc(NC(=O)Cc2cccc(O)c2)cc1C#N. The van der Waals surface area contributed by atoms with Crippen molar-refractivity contribution in [3.8, 4) is 17.9 Å². The van der Waals surface area contributed by atoms with Gasteiger partial charge in [0.2, 0.25) is 5.91 Å². The number of phenolic OH excluding ortho intramolecular Hbond substituents is 1. The molecule has 0 spiro atoms. The third-order valence-corrected chi connectivity index (χ3v) is 2.82. The maximum atomic E-state index is 11.9. The number of carbonyl (C=O) groups excluding carboxylic acids is 1. The molecule has 5 nitrogen and oxygen atoms in total. The monoisotopic (exact) mass is 277 g/mol. The maximum absolute atomic E-state index is 11.9. The fourth-order valence-electron chi connectivity index (χ4n) is 1.87. The first-order chi connectivity index (χ1) is 10.1. The van der Waals surface area contributed by atoms with Crippen molar-refractivity contribution in [2.75, 3.05) is 5.32 Å². The standard InChI is InChI=1S/C16H11N3O2/c17-9-12-4-5-14(8-13(12)10-18)19-16(21)7-11-2-1-3-15(20)6-11/h1-6,8,20H,7H2,(H,19,21). The quantitative estimate of drug-likeness (QED) is 0.899. The lowest BCUT2D eigenvalue weighted by atomic mass is 10.1. The second kappa shape index (κ2) is 6.23. The van der Waals surface area contributed by atoms with Gasteiger partial charge in [-0.15, -0.1) is 0 Å². The van der Waals surface area contributed by atoms with Gasteiger partial charge in [0.15, 0.2) is 0 Å². The van der Waals surface area contributed by atoms with Crippen LogP contribution in [0.1, 0.15) is 16.7 Å². The van der Waals surface area contributed by atoms with Crippen molar-refractivity contribution in [3.63, 3.8) is 0 Å². The molecule has 5 heteroatoms. The van der Waals surface area contributed by atoms with Crippen LogP contribution in [-0.2, 0) is 11.2 Å². The summed E-state index contributed by atoms with van der Waals surface area (Å²) in [7, 11) is 0. The van der Waals surface area contributed by atoms with Gasteiger partial charge in [0, 0.05) is 5.69 Å². The van der Waals surface area contributed by atoms with Crippen molar-refractivity contribution in [1.29, 1.82) is 10.5 Å². The molecule has 2 aromatic carbocycles. The van der Waals surface area contributed by atoms with E-state index in [4.69, 9.17) is 10.5 Å². The number of nitrogens with zero attached hydrogens (tertiary/aromatic N) is 2. The Hall–Kier alpha value is -3.31. The molecule has 2 N–H and O–H groups in total. The van der Waals surface area contributed by atoms with E-state index in [1.807, 2.05) is 12.1 Å². The van der Waals surface area contributed by atoms with Gasteiger partial charge in [-0.3, -0.25) is 4.79 Å². The van der Waals surface area contributed by atoms with Crippen LogP contribution in [0.3, 0.4) is 0 Å². The number of rotatable bonds is 3. The molecule has 21 heavy (non-hydrogen) atoms. The number of nitrogens with one attached hydrogen (secondary N) is 1. The number of hydrogen-bond donors (Lipinski definition) is 2.